The second kappa shape index (κ2) is 10.5. The van der Waals surface area contributed by atoms with Crippen molar-refractivity contribution in [1.82, 2.24) is 0 Å². The summed E-state index contributed by atoms with van der Waals surface area (Å²) >= 11 is 0. The molecule has 0 aliphatic carbocycles. The van der Waals surface area contributed by atoms with Crippen LogP contribution < -0.4 is 4.90 Å². The minimum atomic E-state index is -5.08. The van der Waals surface area contributed by atoms with Gasteiger partial charge >= 0.3 is 12.4 Å². The van der Waals surface area contributed by atoms with E-state index >= 15 is 0 Å². The number of rotatable bonds is 5. The second-order valence-corrected chi connectivity index (χ2v) is 9.44. The molecule has 4 aromatic carbocycles. The Balaban J connectivity index is 1.77. The Labute approximate surface area is 230 Å². The van der Waals surface area contributed by atoms with Gasteiger partial charge in [-0.2, -0.15) is 26.3 Å². The maximum absolute atomic E-state index is 14.1. The molecule has 1 aliphatic rings. The third-order valence-corrected chi connectivity index (χ3v) is 6.70. The molecule has 0 saturated heterocycles. The molecule has 1 aliphatic heterocycles. The molecule has 2 N–H and O–H groups in total. The highest BCUT2D eigenvalue weighted by molar-refractivity contribution is 6.38. The van der Waals surface area contributed by atoms with Crippen molar-refractivity contribution in [1.29, 1.82) is 0 Å². The smallest absolute Gasteiger partial charge is 0.364 e. The largest absolute Gasteiger partial charge is 0.416 e. The minimum Gasteiger partial charge on any atom is -0.364 e. The van der Waals surface area contributed by atoms with Crippen LogP contribution in [0, 0.1) is 0 Å². The highest BCUT2D eigenvalue weighted by Crippen LogP contribution is 2.45. The van der Waals surface area contributed by atoms with E-state index in [1.54, 1.807) is 54.6 Å². The van der Waals surface area contributed by atoms with Gasteiger partial charge < -0.3 is 15.1 Å². The first-order valence-electron chi connectivity index (χ1n) is 12.3. The lowest BCUT2D eigenvalue weighted by Gasteiger charge is -2.19. The van der Waals surface area contributed by atoms with Crippen LogP contribution >= 0.6 is 0 Å². The van der Waals surface area contributed by atoms with Crippen molar-refractivity contribution in [3.05, 3.63) is 136 Å². The zero-order valence-corrected chi connectivity index (χ0v) is 21.0. The number of benzene rings is 4. The molecule has 1 heterocycles. The molecule has 1 amide bonds. The first-order chi connectivity index (χ1) is 19.3. The third kappa shape index (κ3) is 5.61. The van der Waals surface area contributed by atoms with Gasteiger partial charge in [0, 0.05) is 16.7 Å². The average molecular weight is 570 g/mol. The third-order valence-electron chi connectivity index (χ3n) is 6.70. The predicted octanol–water partition coefficient (Wildman–Crippen LogP) is 7.21. The fourth-order valence-corrected chi connectivity index (χ4v) is 4.87. The summed E-state index contributed by atoms with van der Waals surface area (Å²) in [4.78, 5) is 15.4. The highest BCUT2D eigenvalue weighted by atomic mass is 19.4. The van der Waals surface area contributed by atoms with Crippen molar-refractivity contribution < 1.29 is 41.4 Å². The summed E-state index contributed by atoms with van der Waals surface area (Å²) in [5.41, 5.74) is -1.84. The van der Waals surface area contributed by atoms with Crippen LogP contribution in [0.15, 0.2) is 97.1 Å². The molecule has 0 atom stereocenters. The minimum absolute atomic E-state index is 0.0433. The summed E-state index contributed by atoms with van der Waals surface area (Å²) in [6, 6.07) is 21.8. The summed E-state index contributed by atoms with van der Waals surface area (Å²) in [7, 11) is 0. The van der Waals surface area contributed by atoms with Crippen LogP contribution in [-0.4, -0.2) is 16.1 Å². The van der Waals surface area contributed by atoms with E-state index in [1.807, 2.05) is 0 Å². The number of hydrogen-bond donors (Lipinski definition) is 2. The SMILES string of the molecule is O=C1C(=C(c2ccccc2)c2cc(C(F)(F)F)cc(C(F)(F)F)c2)c2ccccc2N1Cc1cccc(C(O)O)c1. The number of anilines is 1. The van der Waals surface area contributed by atoms with Crippen LogP contribution in [-0.2, 0) is 23.7 Å². The summed E-state index contributed by atoms with van der Waals surface area (Å²) in [5, 5.41) is 19.1. The normalized spacial score (nSPS) is 15.0. The Bertz CT molecular complexity index is 1610. The van der Waals surface area contributed by atoms with Crippen LogP contribution in [0.25, 0.3) is 11.1 Å². The number of aliphatic hydroxyl groups excluding tert-OH is 1. The van der Waals surface area contributed by atoms with Crippen molar-refractivity contribution in [3.8, 4) is 0 Å². The number of hydrogen-bond acceptors (Lipinski definition) is 3. The zero-order chi connectivity index (χ0) is 29.5. The first-order valence-corrected chi connectivity index (χ1v) is 12.3. The van der Waals surface area contributed by atoms with Crippen molar-refractivity contribution in [2.24, 2.45) is 0 Å². The fourth-order valence-electron chi connectivity index (χ4n) is 4.87. The van der Waals surface area contributed by atoms with E-state index in [4.69, 9.17) is 0 Å². The number of para-hydroxylation sites is 1. The van der Waals surface area contributed by atoms with Crippen LogP contribution in [0.4, 0.5) is 32.0 Å². The summed E-state index contributed by atoms with van der Waals surface area (Å²) in [5.74, 6) is -0.633. The molecular weight excluding hydrogens is 548 g/mol. The van der Waals surface area contributed by atoms with Gasteiger partial charge in [0.15, 0.2) is 6.29 Å². The van der Waals surface area contributed by atoms with E-state index in [9.17, 15) is 41.4 Å². The topological polar surface area (TPSA) is 60.8 Å². The molecule has 210 valence electrons. The zero-order valence-electron chi connectivity index (χ0n) is 21.0. The Morgan fingerprint density at radius 3 is 1.93 bits per heavy atom. The van der Waals surface area contributed by atoms with Gasteiger partial charge in [0.05, 0.1) is 28.9 Å². The van der Waals surface area contributed by atoms with Gasteiger partial charge in [-0.3, -0.25) is 4.79 Å². The molecule has 0 radical (unpaired) electrons. The van der Waals surface area contributed by atoms with E-state index in [-0.39, 0.29) is 34.9 Å². The van der Waals surface area contributed by atoms with Gasteiger partial charge in [0.2, 0.25) is 0 Å². The lowest BCUT2D eigenvalue weighted by atomic mass is 9.88. The second-order valence-electron chi connectivity index (χ2n) is 9.44. The molecule has 0 fully saturated rings. The lowest BCUT2D eigenvalue weighted by Crippen LogP contribution is -2.26. The van der Waals surface area contributed by atoms with Crippen LogP contribution in [0.5, 0.6) is 0 Å². The van der Waals surface area contributed by atoms with E-state index in [1.165, 1.54) is 29.2 Å². The number of alkyl halides is 6. The van der Waals surface area contributed by atoms with Gasteiger partial charge in [-0.1, -0.05) is 66.7 Å². The Morgan fingerprint density at radius 1 is 0.707 bits per heavy atom. The van der Waals surface area contributed by atoms with Crippen molar-refractivity contribution >= 4 is 22.7 Å². The monoisotopic (exact) mass is 569 g/mol. The molecule has 41 heavy (non-hydrogen) atoms. The molecule has 4 nitrogen and oxygen atoms in total. The number of amides is 1. The van der Waals surface area contributed by atoms with Gasteiger partial charge in [0.1, 0.15) is 0 Å². The van der Waals surface area contributed by atoms with Crippen molar-refractivity contribution in [3.63, 3.8) is 0 Å². The molecule has 10 heteroatoms. The maximum atomic E-state index is 14.1. The highest BCUT2D eigenvalue weighted by Gasteiger charge is 2.39. The molecular formula is C31H21F6NO3. The molecule has 0 spiro atoms. The Kier molecular flexibility index (Phi) is 7.23. The summed E-state index contributed by atoms with van der Waals surface area (Å²) in [6.45, 7) is -0.0433. The number of carbonyl (C=O) groups is 1. The van der Waals surface area contributed by atoms with Gasteiger partial charge in [-0.15, -0.1) is 0 Å². The molecule has 5 rings (SSSR count). The number of carbonyl (C=O) groups excluding carboxylic acids is 1. The molecule has 0 aromatic heterocycles. The van der Waals surface area contributed by atoms with E-state index in [0.29, 0.717) is 28.9 Å². The number of nitrogens with zero attached hydrogens (tertiary/aromatic N) is 1. The van der Waals surface area contributed by atoms with Crippen molar-refractivity contribution in [2.45, 2.75) is 25.2 Å². The van der Waals surface area contributed by atoms with Crippen LogP contribution in [0.2, 0.25) is 0 Å². The number of halogens is 6. The Hall–Kier alpha value is -4.41. The van der Waals surface area contributed by atoms with Crippen LogP contribution in [0.3, 0.4) is 0 Å². The first kappa shape index (κ1) is 28.1. The number of fused-ring (bicyclic) bond motifs is 1. The van der Waals surface area contributed by atoms with E-state index in [2.05, 4.69) is 0 Å². The van der Waals surface area contributed by atoms with Gasteiger partial charge in [-0.05, 0) is 47.0 Å². The standard InChI is InChI=1S/C31H21F6NO3/c32-30(33,34)22-14-21(15-23(16-22)31(35,36)37)26(19-8-2-1-3-9-19)27-24-11-4-5-12-25(24)38(28(27)39)17-18-7-6-10-20(13-18)29(40)41/h1-16,29,40-41H,17H2. The lowest BCUT2D eigenvalue weighted by molar-refractivity contribution is -0.143. The average Bonchev–Trinajstić information content (AvgIpc) is 3.19. The quantitative estimate of drug-likeness (QED) is 0.152. The molecule has 4 aromatic rings. The van der Waals surface area contributed by atoms with Crippen LogP contribution in [0.1, 0.15) is 45.2 Å². The predicted molar refractivity (Wildman–Crippen MR) is 140 cm³/mol. The Morgan fingerprint density at radius 2 is 1.32 bits per heavy atom. The van der Waals surface area contributed by atoms with Gasteiger partial charge in [0.25, 0.3) is 5.91 Å². The van der Waals surface area contributed by atoms with Gasteiger partial charge in [-0.25, -0.2) is 0 Å². The maximum Gasteiger partial charge on any atom is 0.416 e. The van der Waals surface area contributed by atoms with E-state index < -0.39 is 41.2 Å². The van der Waals surface area contributed by atoms with E-state index in [0.717, 1.165) is 0 Å². The number of aliphatic hydroxyl groups is 2. The van der Waals surface area contributed by atoms with Crippen molar-refractivity contribution in [2.75, 3.05) is 4.90 Å². The molecule has 0 bridgehead atoms. The molecule has 0 unspecified atom stereocenters. The summed E-state index contributed by atoms with van der Waals surface area (Å²) < 4.78 is 82.8. The molecule has 0 saturated carbocycles. The summed E-state index contributed by atoms with van der Waals surface area (Å²) in [6.07, 6.45) is -11.9. The fraction of sp³-hybridized carbons (Fsp3) is 0.129.